The molecule has 2 N–H and O–H groups in total. The minimum Gasteiger partial charge on any atom is -0.338 e. The summed E-state index contributed by atoms with van der Waals surface area (Å²) in [6.07, 6.45) is 0.655. The molecule has 1 fully saturated rings. The zero-order valence-electron chi connectivity index (χ0n) is 14.7. The van der Waals surface area contributed by atoms with Gasteiger partial charge in [-0.25, -0.2) is 13.6 Å². The number of aryl methyl sites for hydroxylation is 3. The van der Waals surface area contributed by atoms with Gasteiger partial charge in [-0.1, -0.05) is 6.07 Å². The molecule has 1 aromatic heterocycles. The van der Waals surface area contributed by atoms with E-state index in [1.807, 2.05) is 39.0 Å². The van der Waals surface area contributed by atoms with Crippen LogP contribution in [-0.4, -0.2) is 43.1 Å². The fourth-order valence-corrected chi connectivity index (χ4v) is 4.64. The molecule has 1 saturated heterocycles. The van der Waals surface area contributed by atoms with Gasteiger partial charge in [0.25, 0.3) is 5.91 Å². The highest BCUT2D eigenvalue weighted by Gasteiger charge is 2.30. The third-order valence-corrected chi connectivity index (χ3v) is 5.59. The van der Waals surface area contributed by atoms with Gasteiger partial charge in [0.05, 0.1) is 16.8 Å². The molecule has 0 radical (unpaired) electrons. The molecule has 2 aromatic rings. The van der Waals surface area contributed by atoms with Crippen LogP contribution in [0, 0.1) is 26.7 Å². The molecular formula is C18H23N3O3S. The van der Waals surface area contributed by atoms with E-state index < -0.39 is 10.0 Å². The van der Waals surface area contributed by atoms with Gasteiger partial charge < -0.3 is 4.90 Å². The predicted molar refractivity (Wildman–Crippen MR) is 97.9 cm³/mol. The van der Waals surface area contributed by atoms with Crippen molar-refractivity contribution < 1.29 is 13.2 Å². The number of hydrogen-bond donors (Lipinski definition) is 1. The molecule has 0 unspecified atom stereocenters. The van der Waals surface area contributed by atoms with E-state index in [9.17, 15) is 13.2 Å². The van der Waals surface area contributed by atoms with Crippen LogP contribution in [0.15, 0.2) is 18.2 Å². The molecule has 0 bridgehead atoms. The molecule has 1 amide bonds. The standard InChI is InChI=1S/C18H23N3O3S/c1-11-6-12(2)17-15(8-13(3)20-16(17)7-11)18(22)21-5-4-14(9-21)10-25(19,23)24/h6-8,14H,4-5,9-10H2,1-3H3,(H2,19,23,24)/t14-/m1/s1. The molecule has 0 aliphatic carbocycles. The fourth-order valence-electron chi connectivity index (χ4n) is 3.71. The second kappa shape index (κ2) is 6.38. The van der Waals surface area contributed by atoms with Crippen molar-refractivity contribution in [3.8, 4) is 0 Å². The lowest BCUT2D eigenvalue weighted by atomic mass is 10.00. The molecule has 6 nitrogen and oxygen atoms in total. The Morgan fingerprint density at radius 1 is 1.28 bits per heavy atom. The monoisotopic (exact) mass is 361 g/mol. The first-order chi connectivity index (χ1) is 11.6. The summed E-state index contributed by atoms with van der Waals surface area (Å²) < 4.78 is 22.6. The number of nitrogens with two attached hydrogens (primary N) is 1. The van der Waals surface area contributed by atoms with Gasteiger partial charge in [0, 0.05) is 24.2 Å². The van der Waals surface area contributed by atoms with Crippen LogP contribution in [-0.2, 0) is 10.0 Å². The first-order valence-corrected chi connectivity index (χ1v) is 10.0. The van der Waals surface area contributed by atoms with Crippen molar-refractivity contribution in [2.24, 2.45) is 11.1 Å². The molecule has 1 aromatic carbocycles. The summed E-state index contributed by atoms with van der Waals surface area (Å²) in [6, 6.07) is 5.85. The Hall–Kier alpha value is -1.99. The lowest BCUT2D eigenvalue weighted by Crippen LogP contribution is -2.31. The van der Waals surface area contributed by atoms with Gasteiger partial charge in [0.15, 0.2) is 0 Å². The molecule has 1 aliphatic rings. The minimum absolute atomic E-state index is 0.0700. The minimum atomic E-state index is -3.52. The Labute approximate surface area is 148 Å². The highest BCUT2D eigenvalue weighted by Crippen LogP contribution is 2.27. The number of amides is 1. The van der Waals surface area contributed by atoms with Crippen LogP contribution < -0.4 is 5.14 Å². The second-order valence-corrected chi connectivity index (χ2v) is 8.68. The summed E-state index contributed by atoms with van der Waals surface area (Å²) in [4.78, 5) is 19.4. The summed E-state index contributed by atoms with van der Waals surface area (Å²) in [6.45, 7) is 6.84. The van der Waals surface area contributed by atoms with E-state index >= 15 is 0 Å². The topological polar surface area (TPSA) is 93.4 Å². The number of carbonyl (C=O) groups excluding carboxylic acids is 1. The zero-order chi connectivity index (χ0) is 18.4. The van der Waals surface area contributed by atoms with Crippen molar-refractivity contribution in [2.75, 3.05) is 18.8 Å². The van der Waals surface area contributed by atoms with Crippen molar-refractivity contribution in [1.82, 2.24) is 9.88 Å². The van der Waals surface area contributed by atoms with E-state index in [2.05, 4.69) is 4.98 Å². The Morgan fingerprint density at radius 3 is 2.68 bits per heavy atom. The summed E-state index contributed by atoms with van der Waals surface area (Å²) in [7, 11) is -3.52. The Kier molecular flexibility index (Phi) is 4.55. The van der Waals surface area contributed by atoms with Gasteiger partial charge in [-0.15, -0.1) is 0 Å². The first-order valence-electron chi connectivity index (χ1n) is 8.32. The van der Waals surface area contributed by atoms with Crippen molar-refractivity contribution in [1.29, 1.82) is 0 Å². The highest BCUT2D eigenvalue weighted by molar-refractivity contribution is 7.89. The van der Waals surface area contributed by atoms with Gasteiger partial charge in [-0.05, 0) is 56.4 Å². The maximum atomic E-state index is 13.1. The molecule has 1 atom stereocenters. The molecule has 1 aliphatic heterocycles. The maximum absolute atomic E-state index is 13.1. The zero-order valence-corrected chi connectivity index (χ0v) is 15.6. The number of hydrogen-bond acceptors (Lipinski definition) is 4. The van der Waals surface area contributed by atoms with Crippen LogP contribution in [0.1, 0.15) is 33.6 Å². The van der Waals surface area contributed by atoms with Crippen LogP contribution in [0.25, 0.3) is 10.9 Å². The van der Waals surface area contributed by atoms with Gasteiger partial charge in [-0.2, -0.15) is 0 Å². The van der Waals surface area contributed by atoms with E-state index in [1.165, 1.54) is 0 Å². The summed E-state index contributed by atoms with van der Waals surface area (Å²) in [5, 5.41) is 6.01. The number of pyridine rings is 1. The van der Waals surface area contributed by atoms with E-state index in [1.54, 1.807) is 4.90 Å². The van der Waals surface area contributed by atoms with Gasteiger partial charge >= 0.3 is 0 Å². The summed E-state index contributed by atoms with van der Waals surface area (Å²) >= 11 is 0. The third kappa shape index (κ3) is 3.82. The molecule has 7 heteroatoms. The summed E-state index contributed by atoms with van der Waals surface area (Å²) in [5.74, 6) is -0.249. The van der Waals surface area contributed by atoms with E-state index in [-0.39, 0.29) is 17.6 Å². The molecule has 0 saturated carbocycles. The number of aromatic nitrogens is 1. The average Bonchev–Trinajstić information content (AvgIpc) is 2.91. The number of likely N-dealkylation sites (tertiary alicyclic amines) is 1. The van der Waals surface area contributed by atoms with Crippen molar-refractivity contribution >= 4 is 26.8 Å². The van der Waals surface area contributed by atoms with E-state index in [0.29, 0.717) is 25.1 Å². The van der Waals surface area contributed by atoms with Crippen molar-refractivity contribution in [3.05, 3.63) is 40.6 Å². The van der Waals surface area contributed by atoms with Crippen LogP contribution in [0.3, 0.4) is 0 Å². The van der Waals surface area contributed by atoms with E-state index in [4.69, 9.17) is 5.14 Å². The van der Waals surface area contributed by atoms with Gasteiger partial charge in [0.2, 0.25) is 10.0 Å². The normalized spacial score (nSPS) is 18.1. The molecule has 134 valence electrons. The molecule has 25 heavy (non-hydrogen) atoms. The highest BCUT2D eigenvalue weighted by atomic mass is 32.2. The second-order valence-electron chi connectivity index (χ2n) is 7.02. The molecular weight excluding hydrogens is 338 g/mol. The van der Waals surface area contributed by atoms with Gasteiger partial charge in [-0.3, -0.25) is 9.78 Å². The van der Waals surface area contributed by atoms with Gasteiger partial charge in [0.1, 0.15) is 0 Å². The number of sulfonamides is 1. The smallest absolute Gasteiger partial charge is 0.254 e. The number of carbonyl (C=O) groups is 1. The lowest BCUT2D eigenvalue weighted by Gasteiger charge is -2.19. The number of nitrogens with zero attached hydrogens (tertiary/aromatic N) is 2. The quantitative estimate of drug-likeness (QED) is 0.904. The first kappa shape index (κ1) is 17.8. The predicted octanol–water partition coefficient (Wildman–Crippen LogP) is 1.91. The number of benzene rings is 1. The number of rotatable bonds is 3. The number of fused-ring (bicyclic) bond motifs is 1. The lowest BCUT2D eigenvalue weighted by molar-refractivity contribution is 0.0790. The number of primary sulfonamides is 1. The third-order valence-electron chi connectivity index (χ3n) is 4.65. The molecule has 2 heterocycles. The van der Waals surface area contributed by atoms with Crippen LogP contribution in [0.4, 0.5) is 0 Å². The largest absolute Gasteiger partial charge is 0.338 e. The molecule has 0 spiro atoms. The van der Waals surface area contributed by atoms with Crippen LogP contribution in [0.2, 0.25) is 0 Å². The Bertz CT molecular complexity index is 948. The Balaban J connectivity index is 1.96. The fraction of sp³-hybridized carbons (Fsp3) is 0.444. The average molecular weight is 361 g/mol. The summed E-state index contributed by atoms with van der Waals surface area (Å²) in [5.41, 5.74) is 4.38. The van der Waals surface area contributed by atoms with Crippen molar-refractivity contribution in [3.63, 3.8) is 0 Å². The van der Waals surface area contributed by atoms with Crippen LogP contribution >= 0.6 is 0 Å². The maximum Gasteiger partial charge on any atom is 0.254 e. The SMILES string of the molecule is Cc1cc(C)c2c(C(=O)N3CC[C@@H](CS(N)(=O)=O)C3)cc(C)nc2c1. The van der Waals surface area contributed by atoms with E-state index in [0.717, 1.165) is 27.7 Å². The Morgan fingerprint density at radius 2 is 2.00 bits per heavy atom. The van der Waals surface area contributed by atoms with Crippen LogP contribution in [0.5, 0.6) is 0 Å². The molecule has 3 rings (SSSR count). The van der Waals surface area contributed by atoms with Crippen molar-refractivity contribution in [2.45, 2.75) is 27.2 Å².